The molecule has 6 aliphatic heterocycles. The maximum atomic E-state index is 12.1. The zero-order valence-corrected chi connectivity index (χ0v) is 75.1. The lowest BCUT2D eigenvalue weighted by Gasteiger charge is -2.33. The predicted octanol–water partition coefficient (Wildman–Crippen LogP) is 20.7. The first-order valence-electron chi connectivity index (χ1n) is 38.8. The van der Waals surface area contributed by atoms with Gasteiger partial charge in [0.05, 0.1) is 33.6 Å². The average Bonchev–Trinajstić information content (AvgIpc) is 1.63. The molecule has 28 nitrogen and oxygen atoms in total. The molecular weight excluding hydrogens is 1720 g/mol. The molecule has 5 aromatic rings. The van der Waals surface area contributed by atoms with Crippen LogP contribution in [-0.2, 0) is 48.3 Å². The van der Waals surface area contributed by atoms with Crippen LogP contribution in [0.4, 0.5) is 47.6 Å². The molecule has 0 atom stereocenters. The number of amides is 4. The zero-order valence-electron chi connectivity index (χ0n) is 70.5. The third kappa shape index (κ3) is 40.3. The molecule has 4 amide bonds. The summed E-state index contributed by atoms with van der Waals surface area (Å²) >= 11 is 2.10. The number of ether oxygens (including phenoxy) is 4. The van der Waals surface area contributed by atoms with Crippen molar-refractivity contribution in [1.82, 2.24) is 24.9 Å². The quantitative estimate of drug-likeness (QED) is 0.0238. The lowest BCUT2D eigenvalue weighted by molar-refractivity contribution is -0.385. The molecule has 0 radical (unpaired) electrons. The molecule has 0 aliphatic carbocycles. The van der Waals surface area contributed by atoms with E-state index in [1.54, 1.807) is 56.0 Å². The van der Waals surface area contributed by atoms with Crippen LogP contribution in [0.5, 0.6) is 0 Å². The monoisotopic (exact) mass is 1860 g/mol. The van der Waals surface area contributed by atoms with E-state index >= 15 is 0 Å². The number of nitrogen functional groups attached to an aromatic ring is 1. The van der Waals surface area contributed by atoms with Gasteiger partial charge in [-0.3, -0.25) is 29.7 Å². The van der Waals surface area contributed by atoms with Crippen molar-refractivity contribution in [2.45, 2.75) is 251 Å². The van der Waals surface area contributed by atoms with E-state index in [-0.39, 0.29) is 104 Å². The van der Waals surface area contributed by atoms with E-state index in [0.717, 1.165) is 115 Å². The molecule has 4 fully saturated rings. The maximum absolute atomic E-state index is 12.1. The van der Waals surface area contributed by atoms with E-state index in [9.17, 15) is 56.2 Å². The molecule has 121 heavy (non-hydrogen) atoms. The third-order valence-electron chi connectivity index (χ3n) is 19.2. The number of nitrogens with zero attached hydrogens (tertiary/aromatic N) is 6. The van der Waals surface area contributed by atoms with Gasteiger partial charge in [-0.25, -0.2) is 36.0 Å². The number of benzene rings is 5. The van der Waals surface area contributed by atoms with Crippen LogP contribution in [0.25, 0.3) is 5.57 Å². The normalized spacial score (nSPS) is 16.6. The van der Waals surface area contributed by atoms with Gasteiger partial charge in [-0.1, -0.05) is 85.7 Å². The van der Waals surface area contributed by atoms with Crippen LogP contribution in [0.3, 0.4) is 0 Å². The number of non-ortho nitro benzene ring substituents is 2. The summed E-state index contributed by atoms with van der Waals surface area (Å²) in [5, 5.41) is 24.1. The number of likely N-dealkylation sites (tertiary alicyclic amines) is 2. The van der Waals surface area contributed by atoms with Gasteiger partial charge in [-0.15, -0.1) is 12.4 Å². The lowest BCUT2D eigenvalue weighted by Crippen LogP contribution is -2.41. The van der Waals surface area contributed by atoms with E-state index in [2.05, 4.69) is 49.5 Å². The zero-order chi connectivity index (χ0) is 85.7. The number of nitrogens with one attached hydrogen (secondary N) is 3. The number of hydrogen-bond donors (Lipinski definition) is 4. The molecule has 0 unspecified atom stereocenters. The number of hydrogen-bond acceptors (Lipinski definition) is 20. The number of rotatable bonds is 11. The van der Waals surface area contributed by atoms with Crippen molar-refractivity contribution in [2.24, 2.45) is 0 Å². The van der Waals surface area contributed by atoms with Crippen molar-refractivity contribution in [3.8, 4) is 0 Å². The van der Waals surface area contributed by atoms with Crippen LogP contribution in [-0.4, -0.2) is 189 Å². The number of nitro groups is 2. The van der Waals surface area contributed by atoms with Gasteiger partial charge in [0.25, 0.3) is 11.4 Å². The van der Waals surface area contributed by atoms with Crippen LogP contribution in [0, 0.1) is 23.8 Å². The van der Waals surface area contributed by atoms with Gasteiger partial charge in [-0.2, -0.15) is 0 Å². The molecule has 680 valence electrons. The first kappa shape index (κ1) is 113. The highest BCUT2D eigenvalue weighted by atomic mass is 127. The van der Waals surface area contributed by atoms with Gasteiger partial charge in [0, 0.05) is 97.3 Å². The summed E-state index contributed by atoms with van der Waals surface area (Å²) in [4.78, 5) is 75.0. The number of nitrogens with two attached hydrogens (primary N) is 1. The van der Waals surface area contributed by atoms with Crippen molar-refractivity contribution < 1.29 is 74.1 Å². The Morgan fingerprint density at radius 2 is 0.785 bits per heavy atom. The Labute approximate surface area is 743 Å². The molecule has 5 N–H and O–H groups in total. The van der Waals surface area contributed by atoms with Crippen molar-refractivity contribution in [3.05, 3.63) is 185 Å². The highest BCUT2D eigenvalue weighted by Gasteiger charge is 2.52. The van der Waals surface area contributed by atoms with Gasteiger partial charge in [0.2, 0.25) is 20.0 Å². The standard InChI is InChI=1S/C17H26N2O4S.C16H28BNO4.C16H20N2O4.C16H24N2O2.C12H18N2O2S.C6H4INO2.5CH4.ClH/c1-17(2,3)23-16(20)19-11-9-14(10-12-19)13-5-7-15(8-6-13)18-24(4,21)22;1-14(2,3)20-13(19)18-10-8-12(9-11-18)17-21-15(4,5)16(6,7)22-17;1-16(2,3)22-15(19)17-10-8-13(9-11-17)12-4-6-14(7-5-12)18(20)21;1-16(2,3)20-15(19)18-10-8-13(9-11-18)12-4-6-14(17)7-5-12;1-17(15,16)14-12-4-2-10(3-5-12)11-6-8-13-9-7-11;7-5-1-3-6(4-2-5)8(9)10;;;;;;/h5-8,14,18H,9-12H2,1-4H3;8H,9-11H2,1-7H3;4-8H,9-11H2,1-3H3;4-7,13H,8-11,17H2,1-3H3;2-5,11,13-14H,6-9H2,1H3;1-4H;5*1H4;1H. The molecule has 0 spiro atoms. The van der Waals surface area contributed by atoms with E-state index in [1.807, 2.05) is 171 Å². The average molecular weight is 1860 g/mol. The van der Waals surface area contributed by atoms with Gasteiger partial charge in [0.1, 0.15) is 22.4 Å². The molecule has 4 saturated heterocycles. The highest BCUT2D eigenvalue weighted by Crippen LogP contribution is 2.40. The van der Waals surface area contributed by atoms with Crippen LogP contribution in [0.1, 0.15) is 239 Å². The number of carbonyl (C=O) groups is 4. The highest BCUT2D eigenvalue weighted by molar-refractivity contribution is 14.1. The summed E-state index contributed by atoms with van der Waals surface area (Å²) < 4.78 is 84.2. The molecule has 11 rings (SSSR count). The van der Waals surface area contributed by atoms with Gasteiger partial charge in [-0.05, 0) is 310 Å². The summed E-state index contributed by atoms with van der Waals surface area (Å²) in [6, 6.07) is 36.1. The number of piperidine rings is 3. The van der Waals surface area contributed by atoms with Crippen molar-refractivity contribution in [2.75, 3.05) is 93.1 Å². The fraction of sp³-hybridized carbons (Fsp3) is 0.568. The minimum Gasteiger partial charge on any atom is -0.444 e. The second-order valence-corrected chi connectivity index (χ2v) is 38.9. The SMILES string of the molecule is C.C.C.C.C.CC(C)(C)OC(=O)N1CC=C(B2OC(C)(C)C(C)(C)O2)CC1.CC(C)(C)OC(=O)N1CC=C(c2ccc([N+](=O)[O-])cc2)CC1.CC(C)(C)OC(=O)N1CCC(c2ccc(N)cc2)CC1.CC(C)(C)OC(=O)N1CCC(c2ccc(NS(C)(=O)=O)cc2)CC1.CS(=O)(=O)Nc1ccc(C2CCNCC2)cc1.Cl.O=[N+]([O-])c1ccc(I)cc1. The first-order valence-corrected chi connectivity index (χ1v) is 43.7. The summed E-state index contributed by atoms with van der Waals surface area (Å²) in [7, 11) is -6.74. The van der Waals surface area contributed by atoms with Crippen LogP contribution in [0.15, 0.2) is 139 Å². The smallest absolute Gasteiger partial charge is 0.444 e. The van der Waals surface area contributed by atoms with Gasteiger partial charge < -0.3 is 58.9 Å². The van der Waals surface area contributed by atoms with E-state index in [4.69, 9.17) is 34.0 Å². The minimum absolute atomic E-state index is 0. The Hall–Kier alpha value is -8.28. The van der Waals surface area contributed by atoms with Gasteiger partial charge >= 0.3 is 31.5 Å². The number of carbonyl (C=O) groups excluding carboxylic acids is 4. The van der Waals surface area contributed by atoms with Crippen molar-refractivity contribution in [3.63, 3.8) is 0 Å². The third-order valence-corrected chi connectivity index (χ3v) is 21.1. The largest absolute Gasteiger partial charge is 0.490 e. The van der Waals surface area contributed by atoms with Crippen molar-refractivity contribution >= 4 is 121 Å². The molecule has 0 saturated carbocycles. The van der Waals surface area contributed by atoms with Crippen LogP contribution in [0.2, 0.25) is 0 Å². The Balaban J connectivity index is 0.00000143. The van der Waals surface area contributed by atoms with Crippen molar-refractivity contribution in [1.29, 1.82) is 0 Å². The number of sulfonamides is 2. The molecule has 6 heterocycles. The number of anilines is 3. The fourth-order valence-electron chi connectivity index (χ4n) is 12.6. The summed E-state index contributed by atoms with van der Waals surface area (Å²) in [5.74, 6) is 1.48. The Morgan fingerprint density at radius 3 is 1.08 bits per heavy atom. The molecule has 0 bridgehead atoms. The molecular formula is C88H141BClIN10O18S2. The van der Waals surface area contributed by atoms with Crippen LogP contribution < -0.4 is 20.5 Å². The van der Waals surface area contributed by atoms with E-state index in [1.165, 1.54) is 35.4 Å². The summed E-state index contributed by atoms with van der Waals surface area (Å²) in [5.41, 5.74) is 12.3. The Morgan fingerprint density at radius 1 is 0.479 bits per heavy atom. The second kappa shape index (κ2) is 49.3. The minimum atomic E-state index is -3.25. The Bertz CT molecular complexity index is 4330. The second-order valence-electron chi connectivity index (χ2n) is 34.2. The lowest BCUT2D eigenvalue weighted by atomic mass is 9.75. The Kier molecular flexibility index (Phi) is 45.9. The van der Waals surface area contributed by atoms with Gasteiger partial charge in [0.15, 0.2) is 0 Å². The number of nitro benzene ring substituents is 2. The number of halogens is 2. The maximum Gasteiger partial charge on any atom is 0.490 e. The summed E-state index contributed by atoms with van der Waals surface area (Å²) in [6.45, 7) is 37.8. The molecule has 5 aromatic carbocycles. The van der Waals surface area contributed by atoms with Crippen LogP contribution >= 0.6 is 35.0 Å². The fourth-order valence-corrected chi connectivity index (χ4v) is 14.1. The topological polar surface area (TPSA) is 353 Å². The molecule has 33 heteroatoms. The van der Waals surface area contributed by atoms with E-state index in [0.29, 0.717) is 74.8 Å². The molecule has 6 aliphatic rings. The predicted molar refractivity (Wildman–Crippen MR) is 502 cm³/mol. The van der Waals surface area contributed by atoms with E-state index < -0.39 is 52.3 Å². The first-order chi connectivity index (χ1) is 53.3. The summed E-state index contributed by atoms with van der Waals surface area (Å²) in [6.07, 6.45) is 12.7. The molecule has 0 aromatic heterocycles.